The van der Waals surface area contributed by atoms with Crippen LogP contribution in [0.4, 0.5) is 0 Å². The van der Waals surface area contributed by atoms with Crippen molar-refractivity contribution in [3.05, 3.63) is 106 Å². The molecule has 2 N–H and O–H groups in total. The van der Waals surface area contributed by atoms with Crippen LogP contribution in [-0.2, 0) is 20.2 Å². The first-order chi connectivity index (χ1) is 16.6. The van der Waals surface area contributed by atoms with Gasteiger partial charge in [-0.3, -0.25) is 9.11 Å². The maximum Gasteiger partial charge on any atom is 1.00 e. The van der Waals surface area contributed by atoms with Gasteiger partial charge >= 0.3 is 51.4 Å². The molecule has 36 heavy (non-hydrogen) atoms. The predicted octanol–water partition coefficient (Wildman–Crippen LogP) is 2.87. The van der Waals surface area contributed by atoms with E-state index in [-0.39, 0.29) is 62.7 Å². The van der Waals surface area contributed by atoms with Crippen LogP contribution >= 0.6 is 11.6 Å². The summed E-state index contributed by atoms with van der Waals surface area (Å²) in [5, 5.41) is -0.126. The van der Waals surface area contributed by atoms with Gasteiger partial charge in [-0.1, -0.05) is 78.3 Å². The molecule has 0 aliphatic heterocycles. The second kappa shape index (κ2) is 9.13. The van der Waals surface area contributed by atoms with Crippen LogP contribution in [0, 0.1) is 0 Å². The molecule has 178 valence electrons. The Morgan fingerprint density at radius 3 is 1.67 bits per heavy atom. The molecule has 0 saturated heterocycles. The molecule has 0 heterocycles. The van der Waals surface area contributed by atoms with Crippen LogP contribution in [0.25, 0.3) is 22.3 Å². The summed E-state index contributed by atoms with van der Waals surface area (Å²) in [5.74, 6) is -1.36. The largest absolute Gasteiger partial charge is 1.00 e. The van der Waals surface area contributed by atoms with E-state index in [0.717, 1.165) is 22.3 Å². The van der Waals surface area contributed by atoms with Gasteiger partial charge in [-0.05, 0) is 56.6 Å². The summed E-state index contributed by atoms with van der Waals surface area (Å²) in [6.45, 7) is 0. The zero-order valence-electron chi connectivity index (χ0n) is 19.9. The summed E-state index contributed by atoms with van der Waals surface area (Å²) in [4.78, 5) is -0.634. The van der Waals surface area contributed by atoms with Crippen molar-refractivity contribution in [1.29, 1.82) is 0 Å². The van der Waals surface area contributed by atoms with Crippen LogP contribution in [-0.4, -0.2) is 25.9 Å². The quantitative estimate of drug-likeness (QED) is 0.293. The summed E-state index contributed by atoms with van der Waals surface area (Å²) in [6.07, 6.45) is 0. The summed E-state index contributed by atoms with van der Waals surface area (Å²) >= 11 is 6.34. The molecule has 0 amide bonds. The minimum atomic E-state index is -4.73. The number of halogens is 1. The van der Waals surface area contributed by atoms with Gasteiger partial charge in [0.25, 0.3) is 20.2 Å². The van der Waals surface area contributed by atoms with Crippen molar-refractivity contribution in [3.8, 4) is 22.3 Å². The molecular formula is C26H18ClKO6S2. The Balaban J connectivity index is 0.00000160. The number of hydrogen-bond acceptors (Lipinski definition) is 4. The molecule has 0 bridgehead atoms. The maximum atomic E-state index is 12.6. The second-order valence-electron chi connectivity index (χ2n) is 8.64. The molecule has 6 nitrogen and oxygen atoms in total. The fourth-order valence-electron chi connectivity index (χ4n) is 5.73. The van der Waals surface area contributed by atoms with Crippen molar-refractivity contribution in [1.82, 2.24) is 0 Å². The van der Waals surface area contributed by atoms with Crippen LogP contribution in [0.15, 0.2) is 88.7 Å². The van der Waals surface area contributed by atoms with Crippen LogP contribution in [0.3, 0.4) is 0 Å². The fourth-order valence-corrected chi connectivity index (χ4v) is 7.79. The average molecular weight is 565 g/mol. The van der Waals surface area contributed by atoms with Crippen LogP contribution < -0.4 is 51.4 Å². The zero-order valence-corrected chi connectivity index (χ0v) is 24.4. The van der Waals surface area contributed by atoms with E-state index in [1.54, 1.807) is 18.2 Å². The van der Waals surface area contributed by atoms with Crippen LogP contribution in [0.1, 0.15) is 35.5 Å². The van der Waals surface area contributed by atoms with Gasteiger partial charge in [0.15, 0.2) is 0 Å². The minimum absolute atomic E-state index is 0. The topological polar surface area (TPSA) is 109 Å². The van der Waals surface area contributed by atoms with Gasteiger partial charge in [-0.2, -0.15) is 16.8 Å². The molecule has 10 heteroatoms. The van der Waals surface area contributed by atoms with Crippen molar-refractivity contribution >= 4 is 31.8 Å². The van der Waals surface area contributed by atoms with Gasteiger partial charge in [-0.15, -0.1) is 0 Å². The zero-order chi connectivity index (χ0) is 24.7. The third-order valence-electron chi connectivity index (χ3n) is 6.88. The Bertz CT molecular complexity index is 1790. The van der Waals surface area contributed by atoms with E-state index in [4.69, 9.17) is 11.6 Å². The van der Waals surface area contributed by atoms with Gasteiger partial charge in [0.2, 0.25) is 0 Å². The Labute approximate surface area is 257 Å². The molecule has 6 rings (SSSR count). The van der Waals surface area contributed by atoms with E-state index in [9.17, 15) is 25.9 Å². The van der Waals surface area contributed by atoms with Gasteiger partial charge in [0.05, 0.1) is 9.92 Å². The molecule has 2 aliphatic rings. The SMILES string of the molecule is O=S(=O)(O)c1cccc2c1C(C1c3ccccc3-c3ccc(Cl)c(S(=O)(=O)O)c31)c1ccccc1-2.[H-].[K+]. The Morgan fingerprint density at radius 2 is 1.11 bits per heavy atom. The first-order valence-corrected chi connectivity index (χ1v) is 13.9. The van der Waals surface area contributed by atoms with E-state index >= 15 is 0 Å². The molecule has 0 spiro atoms. The van der Waals surface area contributed by atoms with Gasteiger partial charge in [0.1, 0.15) is 4.90 Å². The van der Waals surface area contributed by atoms with E-state index in [1.165, 1.54) is 12.1 Å². The fraction of sp³-hybridized carbons (Fsp3) is 0.0769. The molecule has 0 radical (unpaired) electrons. The van der Waals surface area contributed by atoms with Crippen molar-refractivity contribution in [2.75, 3.05) is 0 Å². The summed E-state index contributed by atoms with van der Waals surface area (Å²) in [6, 6.07) is 22.6. The van der Waals surface area contributed by atoms with Crippen LogP contribution in [0.2, 0.25) is 5.02 Å². The standard InChI is InChI=1S/C26H17ClO6S2.K.H/c27-20-13-12-19-15-7-2-4-9-18(15)24(25(19)26(20)35(31,32)33)23-17-8-3-1-6-14(17)16-10-5-11-21(22(16)23)34(28,29)30;;/h1-13,23-24H,(H,28,29,30)(H,31,32,33);;/q;+1;-1. The summed E-state index contributed by atoms with van der Waals surface area (Å²) in [7, 11) is -9.34. The third kappa shape index (κ3) is 3.89. The van der Waals surface area contributed by atoms with Crippen molar-refractivity contribution in [2.45, 2.75) is 21.6 Å². The molecule has 4 aromatic carbocycles. The molecule has 2 atom stereocenters. The smallest absolute Gasteiger partial charge is 1.00 e. The molecule has 0 saturated carbocycles. The summed E-state index contributed by atoms with van der Waals surface area (Å²) < 4.78 is 70.4. The van der Waals surface area contributed by atoms with Crippen molar-refractivity contribution in [3.63, 3.8) is 0 Å². The van der Waals surface area contributed by atoms with Gasteiger partial charge in [-0.25, -0.2) is 0 Å². The van der Waals surface area contributed by atoms with Crippen molar-refractivity contribution in [2.24, 2.45) is 0 Å². The van der Waals surface area contributed by atoms with Crippen molar-refractivity contribution < 1.29 is 78.8 Å². The molecule has 2 aliphatic carbocycles. The molecule has 2 unspecified atom stereocenters. The monoisotopic (exact) mass is 564 g/mol. The number of benzene rings is 4. The van der Waals surface area contributed by atoms with Crippen LogP contribution in [0.5, 0.6) is 0 Å². The van der Waals surface area contributed by atoms with E-state index in [2.05, 4.69) is 0 Å². The summed E-state index contributed by atoms with van der Waals surface area (Å²) in [5.41, 5.74) is 5.03. The number of fused-ring (bicyclic) bond motifs is 6. The molecule has 4 aromatic rings. The Hall–Kier alpha value is -1.37. The first kappa shape index (κ1) is 26.2. The minimum Gasteiger partial charge on any atom is -1.00 e. The Morgan fingerprint density at radius 1 is 0.611 bits per heavy atom. The predicted molar refractivity (Wildman–Crippen MR) is 133 cm³/mol. The van der Waals surface area contributed by atoms with Gasteiger partial charge < -0.3 is 1.43 Å². The molecule has 0 aromatic heterocycles. The number of rotatable bonds is 3. The first-order valence-electron chi connectivity index (χ1n) is 10.7. The van der Waals surface area contributed by atoms with E-state index in [0.29, 0.717) is 22.3 Å². The van der Waals surface area contributed by atoms with Gasteiger partial charge in [0, 0.05) is 11.8 Å². The average Bonchev–Trinajstić information content (AvgIpc) is 3.29. The molecule has 0 fully saturated rings. The second-order valence-corrected chi connectivity index (χ2v) is 11.8. The third-order valence-corrected chi connectivity index (χ3v) is 9.17. The van der Waals surface area contributed by atoms with E-state index < -0.39 is 37.0 Å². The normalized spacial score (nSPS) is 17.5. The van der Waals surface area contributed by atoms with E-state index in [1.807, 2.05) is 48.5 Å². The Kier molecular flexibility index (Phi) is 6.65. The molecular weight excluding hydrogens is 547 g/mol. The maximum absolute atomic E-state index is 12.6. The number of hydrogen-bond donors (Lipinski definition) is 2.